The van der Waals surface area contributed by atoms with Crippen LogP contribution in [0.4, 0.5) is 13.2 Å². The number of nitrogens with one attached hydrogen (secondary N) is 1. The summed E-state index contributed by atoms with van der Waals surface area (Å²) in [6.07, 6.45) is -5.00. The van der Waals surface area contributed by atoms with E-state index in [0.29, 0.717) is 0 Å². The highest BCUT2D eigenvalue weighted by atomic mass is 32.1. The lowest BCUT2D eigenvalue weighted by atomic mass is 10.0. The van der Waals surface area contributed by atoms with Crippen LogP contribution in [0.5, 0.6) is 0 Å². The second kappa shape index (κ2) is 4.66. The summed E-state index contributed by atoms with van der Waals surface area (Å²) in [6.45, 7) is 0. The molecule has 0 fully saturated rings. The van der Waals surface area contributed by atoms with Gasteiger partial charge in [-0.1, -0.05) is 18.2 Å². The maximum absolute atomic E-state index is 12.4. The minimum atomic E-state index is -4.16. The van der Waals surface area contributed by atoms with Crippen LogP contribution in [-0.4, -0.2) is 13.2 Å². The fourth-order valence-electron chi connectivity index (χ4n) is 1.87. The molecule has 0 spiro atoms. The highest BCUT2D eigenvalue weighted by molar-refractivity contribution is 7.17. The molecule has 1 atom stereocenters. The summed E-state index contributed by atoms with van der Waals surface area (Å²) < 4.78 is 38.4. The first-order chi connectivity index (χ1) is 8.01. The molecule has 0 aliphatic heterocycles. The van der Waals surface area contributed by atoms with Crippen molar-refractivity contribution in [3.63, 3.8) is 0 Å². The Hall–Kier alpha value is -1.07. The van der Waals surface area contributed by atoms with Crippen molar-refractivity contribution in [2.24, 2.45) is 0 Å². The smallest absolute Gasteiger partial charge is 0.313 e. The third kappa shape index (κ3) is 2.79. The standard InChI is InChI=1S/C12H12F3NS/c1-16-10(6-12(13,14)15)9-7-17-11-5-3-2-4-8(9)11/h2-5,7,10,16H,6H2,1H3. The van der Waals surface area contributed by atoms with Gasteiger partial charge in [0.15, 0.2) is 0 Å². The molecule has 2 aromatic rings. The van der Waals surface area contributed by atoms with Crippen LogP contribution in [0.1, 0.15) is 18.0 Å². The lowest BCUT2D eigenvalue weighted by molar-refractivity contribution is -0.140. The van der Waals surface area contributed by atoms with E-state index < -0.39 is 18.6 Å². The van der Waals surface area contributed by atoms with Gasteiger partial charge < -0.3 is 5.32 Å². The molecule has 0 saturated carbocycles. The molecule has 0 radical (unpaired) electrons. The van der Waals surface area contributed by atoms with Gasteiger partial charge in [-0.15, -0.1) is 11.3 Å². The molecular weight excluding hydrogens is 247 g/mol. The van der Waals surface area contributed by atoms with E-state index in [1.807, 2.05) is 24.3 Å². The largest absolute Gasteiger partial charge is 0.390 e. The first-order valence-corrected chi connectivity index (χ1v) is 6.09. The number of thiophene rings is 1. The highest BCUT2D eigenvalue weighted by Gasteiger charge is 2.32. The van der Waals surface area contributed by atoms with Crippen LogP contribution < -0.4 is 5.32 Å². The summed E-state index contributed by atoms with van der Waals surface area (Å²) in [7, 11) is 1.56. The van der Waals surface area contributed by atoms with E-state index in [0.717, 1.165) is 15.6 Å². The molecule has 0 saturated heterocycles. The molecule has 0 aliphatic carbocycles. The van der Waals surface area contributed by atoms with Crippen molar-refractivity contribution in [2.45, 2.75) is 18.6 Å². The SMILES string of the molecule is CNC(CC(F)(F)F)c1csc2ccccc12. The fraction of sp³-hybridized carbons (Fsp3) is 0.333. The Kier molecular flexibility index (Phi) is 3.40. The van der Waals surface area contributed by atoms with Gasteiger partial charge in [-0.25, -0.2) is 0 Å². The van der Waals surface area contributed by atoms with Crippen LogP contribution >= 0.6 is 11.3 Å². The first-order valence-electron chi connectivity index (χ1n) is 5.21. The zero-order valence-corrected chi connectivity index (χ0v) is 10.0. The van der Waals surface area contributed by atoms with Crippen molar-refractivity contribution < 1.29 is 13.2 Å². The van der Waals surface area contributed by atoms with Gasteiger partial charge in [-0.3, -0.25) is 0 Å². The number of alkyl halides is 3. The van der Waals surface area contributed by atoms with Gasteiger partial charge in [-0.05, 0) is 29.4 Å². The molecule has 1 nitrogen and oxygen atoms in total. The van der Waals surface area contributed by atoms with Crippen molar-refractivity contribution in [1.82, 2.24) is 5.32 Å². The van der Waals surface area contributed by atoms with Crippen molar-refractivity contribution in [2.75, 3.05) is 7.05 Å². The Morgan fingerprint density at radius 1 is 1.29 bits per heavy atom. The predicted molar refractivity (Wildman–Crippen MR) is 64.3 cm³/mol. The molecule has 5 heteroatoms. The van der Waals surface area contributed by atoms with Crippen LogP contribution in [0.3, 0.4) is 0 Å². The van der Waals surface area contributed by atoms with E-state index in [9.17, 15) is 13.2 Å². The van der Waals surface area contributed by atoms with E-state index in [4.69, 9.17) is 0 Å². The Morgan fingerprint density at radius 2 is 2.00 bits per heavy atom. The van der Waals surface area contributed by atoms with Crippen LogP contribution in [0, 0.1) is 0 Å². The summed E-state index contributed by atoms with van der Waals surface area (Å²) in [4.78, 5) is 0. The van der Waals surface area contributed by atoms with Crippen LogP contribution in [-0.2, 0) is 0 Å². The Labute approximate surface area is 101 Å². The molecule has 1 aromatic carbocycles. The third-order valence-corrected chi connectivity index (χ3v) is 3.65. The summed E-state index contributed by atoms with van der Waals surface area (Å²) in [5.41, 5.74) is 0.727. The van der Waals surface area contributed by atoms with Crippen molar-refractivity contribution >= 4 is 21.4 Å². The Morgan fingerprint density at radius 3 is 2.65 bits per heavy atom. The highest BCUT2D eigenvalue weighted by Crippen LogP contribution is 2.35. The zero-order chi connectivity index (χ0) is 12.5. The molecule has 2 rings (SSSR count). The second-order valence-electron chi connectivity index (χ2n) is 3.85. The molecule has 1 N–H and O–H groups in total. The number of fused-ring (bicyclic) bond motifs is 1. The van der Waals surface area contributed by atoms with Gasteiger partial charge in [0.2, 0.25) is 0 Å². The van der Waals surface area contributed by atoms with E-state index in [1.54, 1.807) is 12.4 Å². The molecule has 92 valence electrons. The van der Waals surface area contributed by atoms with Gasteiger partial charge >= 0.3 is 6.18 Å². The Balaban J connectivity index is 2.37. The predicted octanol–water partition coefficient (Wildman–Crippen LogP) is 4.11. The van der Waals surface area contributed by atoms with Crippen LogP contribution in [0.15, 0.2) is 29.6 Å². The summed E-state index contributed by atoms with van der Waals surface area (Å²) in [5, 5.41) is 5.45. The average Bonchev–Trinajstić information content (AvgIpc) is 2.68. The van der Waals surface area contributed by atoms with Gasteiger partial charge in [0.1, 0.15) is 0 Å². The van der Waals surface area contributed by atoms with E-state index in [2.05, 4.69) is 5.32 Å². The molecule has 0 amide bonds. The van der Waals surface area contributed by atoms with Gasteiger partial charge in [0.05, 0.1) is 6.42 Å². The van der Waals surface area contributed by atoms with E-state index in [1.165, 1.54) is 11.3 Å². The Bertz CT molecular complexity index is 504. The van der Waals surface area contributed by atoms with Crippen molar-refractivity contribution in [1.29, 1.82) is 0 Å². The number of hydrogen-bond acceptors (Lipinski definition) is 2. The molecule has 1 unspecified atom stereocenters. The van der Waals surface area contributed by atoms with Gasteiger partial charge in [0, 0.05) is 10.7 Å². The maximum Gasteiger partial charge on any atom is 0.390 e. The minimum Gasteiger partial charge on any atom is -0.313 e. The number of rotatable bonds is 3. The number of hydrogen-bond donors (Lipinski definition) is 1. The van der Waals surface area contributed by atoms with Crippen LogP contribution in [0.2, 0.25) is 0 Å². The summed E-state index contributed by atoms with van der Waals surface area (Å²) in [5.74, 6) is 0. The van der Waals surface area contributed by atoms with Crippen molar-refractivity contribution in [3.05, 3.63) is 35.2 Å². The normalized spacial score (nSPS) is 14.1. The molecule has 1 aromatic heterocycles. The quantitative estimate of drug-likeness (QED) is 0.874. The fourth-order valence-corrected chi connectivity index (χ4v) is 2.88. The number of benzene rings is 1. The molecule has 0 bridgehead atoms. The molecular formula is C12H12F3NS. The van der Waals surface area contributed by atoms with Gasteiger partial charge in [0.25, 0.3) is 0 Å². The van der Waals surface area contributed by atoms with E-state index in [-0.39, 0.29) is 0 Å². The average molecular weight is 259 g/mol. The number of halogens is 3. The topological polar surface area (TPSA) is 12.0 Å². The first kappa shape index (κ1) is 12.4. The lowest BCUT2D eigenvalue weighted by Crippen LogP contribution is -2.23. The lowest BCUT2D eigenvalue weighted by Gasteiger charge is -2.17. The second-order valence-corrected chi connectivity index (χ2v) is 4.76. The maximum atomic E-state index is 12.4. The van der Waals surface area contributed by atoms with Gasteiger partial charge in [-0.2, -0.15) is 13.2 Å². The zero-order valence-electron chi connectivity index (χ0n) is 9.21. The monoisotopic (exact) mass is 259 g/mol. The molecule has 0 aliphatic rings. The third-order valence-electron chi connectivity index (χ3n) is 2.67. The van der Waals surface area contributed by atoms with E-state index >= 15 is 0 Å². The van der Waals surface area contributed by atoms with Crippen LogP contribution in [0.25, 0.3) is 10.1 Å². The van der Waals surface area contributed by atoms with Crippen molar-refractivity contribution in [3.8, 4) is 0 Å². The molecule has 17 heavy (non-hydrogen) atoms. The molecule has 1 heterocycles. The summed E-state index contributed by atoms with van der Waals surface area (Å²) >= 11 is 1.48. The summed E-state index contributed by atoms with van der Waals surface area (Å²) in [6, 6.07) is 6.84. The minimum absolute atomic E-state index is 0.675.